The smallest absolute Gasteiger partial charge is 0.157 e. The van der Waals surface area contributed by atoms with Crippen molar-refractivity contribution in [2.24, 2.45) is 5.92 Å². The average molecular weight is 276 g/mol. The molecule has 1 aromatic rings. The van der Waals surface area contributed by atoms with E-state index in [2.05, 4.69) is 10.2 Å². The first kappa shape index (κ1) is 13.7. The minimum Gasteiger partial charge on any atom is -0.504 e. The molecule has 4 nitrogen and oxygen atoms in total. The minimum atomic E-state index is -0.0419. The Morgan fingerprint density at radius 2 is 1.90 bits per heavy atom. The largest absolute Gasteiger partial charge is 0.504 e. The zero-order chi connectivity index (χ0) is 13.9. The van der Waals surface area contributed by atoms with Crippen LogP contribution in [-0.4, -0.2) is 40.8 Å². The first-order valence-corrected chi connectivity index (χ1v) is 7.69. The Morgan fingerprint density at radius 3 is 2.55 bits per heavy atom. The molecule has 0 aromatic heterocycles. The Labute approximate surface area is 120 Å². The summed E-state index contributed by atoms with van der Waals surface area (Å²) in [6.45, 7) is 4.31. The number of hydrogen-bond donors (Lipinski definition) is 3. The Bertz CT molecular complexity index is 450. The van der Waals surface area contributed by atoms with Crippen LogP contribution >= 0.6 is 0 Å². The van der Waals surface area contributed by atoms with E-state index in [0.29, 0.717) is 0 Å². The molecule has 0 saturated carbocycles. The summed E-state index contributed by atoms with van der Waals surface area (Å²) in [5, 5.41) is 22.5. The highest BCUT2D eigenvalue weighted by molar-refractivity contribution is 5.40. The van der Waals surface area contributed by atoms with Crippen molar-refractivity contribution in [3.8, 4) is 11.5 Å². The van der Waals surface area contributed by atoms with Crippen LogP contribution < -0.4 is 5.32 Å². The van der Waals surface area contributed by atoms with Crippen LogP contribution in [0.15, 0.2) is 18.2 Å². The molecule has 20 heavy (non-hydrogen) atoms. The van der Waals surface area contributed by atoms with Gasteiger partial charge < -0.3 is 15.5 Å². The maximum Gasteiger partial charge on any atom is 0.157 e. The fourth-order valence-corrected chi connectivity index (χ4v) is 3.55. The SMILES string of the molecule is Oc1ccc(CN2CCC(C3CCCN3)CC2)cc1O. The fourth-order valence-electron chi connectivity index (χ4n) is 3.55. The van der Waals surface area contributed by atoms with Gasteiger partial charge in [0.15, 0.2) is 11.5 Å². The van der Waals surface area contributed by atoms with Crippen LogP contribution in [0.25, 0.3) is 0 Å². The van der Waals surface area contributed by atoms with Gasteiger partial charge in [0.2, 0.25) is 0 Å². The lowest BCUT2D eigenvalue weighted by Gasteiger charge is -2.34. The first-order chi connectivity index (χ1) is 9.72. The van der Waals surface area contributed by atoms with E-state index in [0.717, 1.165) is 37.2 Å². The molecule has 2 fully saturated rings. The molecule has 2 saturated heterocycles. The summed E-state index contributed by atoms with van der Waals surface area (Å²) in [5.74, 6) is 0.772. The van der Waals surface area contributed by atoms with Crippen LogP contribution in [0.5, 0.6) is 11.5 Å². The average Bonchev–Trinajstić information content (AvgIpc) is 2.98. The van der Waals surface area contributed by atoms with Gasteiger partial charge in [0.25, 0.3) is 0 Å². The second kappa shape index (κ2) is 6.02. The number of nitrogens with zero attached hydrogens (tertiary/aromatic N) is 1. The highest BCUT2D eigenvalue weighted by Crippen LogP contribution is 2.28. The van der Waals surface area contributed by atoms with Gasteiger partial charge in [0.1, 0.15) is 0 Å². The fraction of sp³-hybridized carbons (Fsp3) is 0.625. The van der Waals surface area contributed by atoms with Crippen molar-refractivity contribution in [3.05, 3.63) is 23.8 Å². The van der Waals surface area contributed by atoms with E-state index in [1.807, 2.05) is 6.07 Å². The number of rotatable bonds is 3. The Morgan fingerprint density at radius 1 is 1.10 bits per heavy atom. The van der Waals surface area contributed by atoms with Crippen molar-refractivity contribution in [2.45, 2.75) is 38.3 Å². The molecular weight excluding hydrogens is 252 g/mol. The van der Waals surface area contributed by atoms with Crippen molar-refractivity contribution in [3.63, 3.8) is 0 Å². The van der Waals surface area contributed by atoms with Crippen molar-refractivity contribution in [1.29, 1.82) is 0 Å². The van der Waals surface area contributed by atoms with Crippen LogP contribution in [0.2, 0.25) is 0 Å². The highest BCUT2D eigenvalue weighted by Gasteiger charge is 2.28. The molecular formula is C16H24N2O2. The number of piperidine rings is 1. The van der Waals surface area contributed by atoms with Crippen LogP contribution in [0.4, 0.5) is 0 Å². The second-order valence-corrected chi connectivity index (χ2v) is 6.14. The molecule has 1 aromatic carbocycles. The van der Waals surface area contributed by atoms with Crippen LogP contribution in [-0.2, 0) is 6.54 Å². The quantitative estimate of drug-likeness (QED) is 0.740. The standard InChI is InChI=1S/C16H24N2O2/c19-15-4-3-12(10-16(15)20)11-18-8-5-13(6-9-18)14-2-1-7-17-14/h3-4,10,13-14,17,19-20H,1-2,5-9,11H2. The topological polar surface area (TPSA) is 55.7 Å². The van der Waals surface area contributed by atoms with Gasteiger partial charge in [-0.15, -0.1) is 0 Å². The van der Waals surface area contributed by atoms with E-state index in [-0.39, 0.29) is 11.5 Å². The number of likely N-dealkylation sites (tertiary alicyclic amines) is 1. The first-order valence-electron chi connectivity index (χ1n) is 7.69. The maximum absolute atomic E-state index is 9.54. The van der Waals surface area contributed by atoms with Gasteiger partial charge in [-0.05, 0) is 68.9 Å². The number of phenolic OH excluding ortho intramolecular Hbond substituents is 2. The maximum atomic E-state index is 9.54. The molecule has 2 heterocycles. The third-order valence-corrected chi connectivity index (χ3v) is 4.75. The van der Waals surface area contributed by atoms with E-state index >= 15 is 0 Å². The van der Waals surface area contributed by atoms with Gasteiger partial charge in [-0.2, -0.15) is 0 Å². The van der Waals surface area contributed by atoms with Crippen molar-refractivity contribution < 1.29 is 10.2 Å². The second-order valence-electron chi connectivity index (χ2n) is 6.14. The summed E-state index contributed by atoms with van der Waals surface area (Å²) in [6, 6.07) is 5.87. The molecule has 1 unspecified atom stereocenters. The minimum absolute atomic E-state index is 0.0208. The molecule has 3 rings (SSSR count). The molecule has 0 bridgehead atoms. The Hall–Kier alpha value is -1.26. The molecule has 0 aliphatic carbocycles. The lowest BCUT2D eigenvalue weighted by Crippen LogP contribution is -2.40. The molecule has 3 N–H and O–H groups in total. The Kier molecular flexibility index (Phi) is 4.13. The summed E-state index contributed by atoms with van der Waals surface area (Å²) in [6.07, 6.45) is 5.21. The van der Waals surface area contributed by atoms with Gasteiger partial charge in [-0.25, -0.2) is 0 Å². The van der Waals surface area contributed by atoms with Gasteiger partial charge in [-0.1, -0.05) is 6.07 Å². The number of aromatic hydroxyl groups is 2. The molecule has 110 valence electrons. The molecule has 2 aliphatic heterocycles. The number of nitrogens with one attached hydrogen (secondary N) is 1. The monoisotopic (exact) mass is 276 g/mol. The summed E-state index contributed by atoms with van der Waals surface area (Å²) in [5.41, 5.74) is 1.07. The molecule has 1 atom stereocenters. The van der Waals surface area contributed by atoms with Crippen molar-refractivity contribution in [1.82, 2.24) is 10.2 Å². The van der Waals surface area contributed by atoms with E-state index in [9.17, 15) is 10.2 Å². The van der Waals surface area contributed by atoms with Gasteiger partial charge >= 0.3 is 0 Å². The van der Waals surface area contributed by atoms with Crippen LogP contribution in [0.1, 0.15) is 31.2 Å². The number of phenols is 2. The molecule has 0 spiro atoms. The zero-order valence-electron chi connectivity index (χ0n) is 11.9. The molecule has 0 amide bonds. The van der Waals surface area contributed by atoms with Crippen LogP contribution in [0.3, 0.4) is 0 Å². The predicted molar refractivity (Wildman–Crippen MR) is 78.8 cm³/mol. The summed E-state index contributed by atoms with van der Waals surface area (Å²) in [7, 11) is 0. The predicted octanol–water partition coefficient (Wildman–Crippen LogP) is 2.06. The molecule has 0 radical (unpaired) electrons. The zero-order valence-corrected chi connectivity index (χ0v) is 11.9. The normalized spacial score (nSPS) is 25.1. The van der Waals surface area contributed by atoms with Crippen molar-refractivity contribution in [2.75, 3.05) is 19.6 Å². The molecule has 2 aliphatic rings. The third kappa shape index (κ3) is 3.07. The lowest BCUT2D eigenvalue weighted by molar-refractivity contribution is 0.157. The third-order valence-electron chi connectivity index (χ3n) is 4.75. The Balaban J connectivity index is 1.51. The van der Waals surface area contributed by atoms with Crippen LogP contribution in [0, 0.1) is 5.92 Å². The van der Waals surface area contributed by atoms with Gasteiger partial charge in [0.05, 0.1) is 0 Å². The lowest BCUT2D eigenvalue weighted by atomic mass is 9.88. The van der Waals surface area contributed by atoms with E-state index in [1.165, 1.54) is 32.2 Å². The van der Waals surface area contributed by atoms with Gasteiger partial charge in [0, 0.05) is 12.6 Å². The number of benzene rings is 1. The summed E-state index contributed by atoms with van der Waals surface area (Å²) >= 11 is 0. The summed E-state index contributed by atoms with van der Waals surface area (Å²) < 4.78 is 0. The van der Waals surface area contributed by atoms with E-state index in [1.54, 1.807) is 12.1 Å². The van der Waals surface area contributed by atoms with E-state index < -0.39 is 0 Å². The number of hydrogen-bond acceptors (Lipinski definition) is 4. The molecule has 4 heteroatoms. The van der Waals surface area contributed by atoms with Gasteiger partial charge in [-0.3, -0.25) is 4.90 Å². The summed E-state index contributed by atoms with van der Waals surface area (Å²) in [4.78, 5) is 2.44. The van der Waals surface area contributed by atoms with E-state index in [4.69, 9.17) is 0 Å². The highest BCUT2D eigenvalue weighted by atomic mass is 16.3. The van der Waals surface area contributed by atoms with Crippen molar-refractivity contribution >= 4 is 0 Å².